The van der Waals surface area contributed by atoms with Crippen molar-refractivity contribution in [2.75, 3.05) is 37.4 Å². The number of rotatable bonds is 6. The predicted octanol–water partition coefficient (Wildman–Crippen LogP) is 2.58. The smallest absolute Gasteiger partial charge is 0.257 e. The summed E-state index contributed by atoms with van der Waals surface area (Å²) in [5.41, 5.74) is 1.94. The van der Waals surface area contributed by atoms with Gasteiger partial charge in [-0.15, -0.1) is 0 Å². The van der Waals surface area contributed by atoms with Crippen LogP contribution in [-0.4, -0.2) is 55.7 Å². The molecule has 1 fully saturated rings. The van der Waals surface area contributed by atoms with Crippen LogP contribution in [-0.2, 0) is 19.6 Å². The SMILES string of the molecule is O=C(CSc1nc2ccccc2o1)Nc1ccc(S(=O)(=O)N2CCOCC2)cc1. The number of sulfonamides is 1. The molecule has 1 aliphatic heterocycles. The van der Waals surface area contributed by atoms with Gasteiger partial charge in [0.15, 0.2) is 5.58 Å². The van der Waals surface area contributed by atoms with E-state index in [4.69, 9.17) is 9.15 Å². The fourth-order valence-electron chi connectivity index (χ4n) is 2.88. The second kappa shape index (κ2) is 8.54. The molecule has 8 nitrogen and oxygen atoms in total. The third kappa shape index (κ3) is 4.61. The molecule has 152 valence electrons. The summed E-state index contributed by atoms with van der Waals surface area (Å²) in [6.07, 6.45) is 0. The van der Waals surface area contributed by atoms with Gasteiger partial charge in [-0.05, 0) is 36.4 Å². The van der Waals surface area contributed by atoms with E-state index >= 15 is 0 Å². The average molecular weight is 434 g/mol. The lowest BCUT2D eigenvalue weighted by molar-refractivity contribution is -0.113. The monoisotopic (exact) mass is 433 g/mol. The summed E-state index contributed by atoms with van der Waals surface area (Å²) >= 11 is 1.20. The lowest BCUT2D eigenvalue weighted by Crippen LogP contribution is -2.40. The number of para-hydroxylation sites is 2. The van der Waals surface area contributed by atoms with Crippen LogP contribution in [0.15, 0.2) is 63.1 Å². The van der Waals surface area contributed by atoms with Gasteiger partial charge in [-0.2, -0.15) is 4.31 Å². The van der Waals surface area contributed by atoms with E-state index in [1.54, 1.807) is 12.1 Å². The quantitative estimate of drug-likeness (QED) is 0.596. The molecule has 1 saturated heterocycles. The zero-order chi connectivity index (χ0) is 20.3. The van der Waals surface area contributed by atoms with E-state index in [2.05, 4.69) is 10.3 Å². The first kappa shape index (κ1) is 19.9. The number of anilines is 1. The Morgan fingerprint density at radius 1 is 1.10 bits per heavy atom. The molecule has 0 spiro atoms. The van der Waals surface area contributed by atoms with Crippen LogP contribution in [0.4, 0.5) is 5.69 Å². The number of hydrogen-bond donors (Lipinski definition) is 1. The highest BCUT2D eigenvalue weighted by Crippen LogP contribution is 2.24. The number of benzene rings is 2. The maximum atomic E-state index is 12.6. The lowest BCUT2D eigenvalue weighted by atomic mass is 10.3. The molecule has 1 aliphatic rings. The molecule has 0 unspecified atom stereocenters. The summed E-state index contributed by atoms with van der Waals surface area (Å²) in [7, 11) is -3.55. The number of carbonyl (C=O) groups is 1. The number of fused-ring (bicyclic) bond motifs is 1. The Kier molecular flexibility index (Phi) is 5.86. The van der Waals surface area contributed by atoms with Crippen molar-refractivity contribution in [3.63, 3.8) is 0 Å². The Balaban J connectivity index is 1.35. The standard InChI is InChI=1S/C19H19N3O5S2/c23-18(13-28-19-21-16-3-1-2-4-17(16)27-19)20-14-5-7-15(8-6-14)29(24,25)22-9-11-26-12-10-22/h1-8H,9-13H2,(H,20,23). The van der Waals surface area contributed by atoms with Gasteiger partial charge >= 0.3 is 0 Å². The summed E-state index contributed by atoms with van der Waals surface area (Å²) in [5.74, 6) is -0.110. The highest BCUT2D eigenvalue weighted by atomic mass is 32.2. The van der Waals surface area contributed by atoms with Crippen molar-refractivity contribution in [1.29, 1.82) is 0 Å². The highest BCUT2D eigenvalue weighted by molar-refractivity contribution is 7.99. The van der Waals surface area contributed by atoms with Crippen LogP contribution in [0.3, 0.4) is 0 Å². The molecule has 1 amide bonds. The average Bonchev–Trinajstić information content (AvgIpc) is 3.16. The molecule has 2 aromatic carbocycles. The number of nitrogens with zero attached hydrogens (tertiary/aromatic N) is 2. The van der Waals surface area contributed by atoms with Crippen molar-refractivity contribution in [1.82, 2.24) is 9.29 Å². The van der Waals surface area contributed by atoms with Gasteiger partial charge in [-0.1, -0.05) is 23.9 Å². The Morgan fingerprint density at radius 3 is 2.55 bits per heavy atom. The van der Waals surface area contributed by atoms with Crippen LogP contribution in [0.2, 0.25) is 0 Å². The number of oxazole rings is 1. The summed E-state index contributed by atoms with van der Waals surface area (Å²) in [4.78, 5) is 16.7. The first-order valence-corrected chi connectivity index (χ1v) is 11.4. The molecule has 10 heteroatoms. The molecule has 0 bridgehead atoms. The minimum absolute atomic E-state index is 0.126. The molecule has 1 aromatic heterocycles. The molecule has 0 atom stereocenters. The predicted molar refractivity (Wildman–Crippen MR) is 109 cm³/mol. The third-order valence-electron chi connectivity index (χ3n) is 4.35. The van der Waals surface area contributed by atoms with Crippen LogP contribution in [0.5, 0.6) is 0 Å². The van der Waals surface area contributed by atoms with Gasteiger partial charge in [0.1, 0.15) is 5.52 Å². The second-order valence-electron chi connectivity index (χ2n) is 6.33. The van der Waals surface area contributed by atoms with Crippen molar-refractivity contribution in [2.24, 2.45) is 0 Å². The Bertz CT molecular complexity index is 1070. The topological polar surface area (TPSA) is 102 Å². The van der Waals surface area contributed by atoms with Crippen LogP contribution >= 0.6 is 11.8 Å². The number of hydrogen-bond acceptors (Lipinski definition) is 7. The zero-order valence-corrected chi connectivity index (χ0v) is 17.0. The number of aromatic nitrogens is 1. The van der Waals surface area contributed by atoms with Crippen molar-refractivity contribution >= 4 is 44.5 Å². The molecule has 2 heterocycles. The maximum absolute atomic E-state index is 12.6. The van der Waals surface area contributed by atoms with Gasteiger partial charge < -0.3 is 14.5 Å². The Hall–Kier alpha value is -2.40. The molecule has 1 N–H and O–H groups in total. The van der Waals surface area contributed by atoms with E-state index in [1.165, 1.54) is 28.2 Å². The van der Waals surface area contributed by atoms with Crippen LogP contribution in [0.25, 0.3) is 11.1 Å². The second-order valence-corrected chi connectivity index (χ2v) is 9.19. The fraction of sp³-hybridized carbons (Fsp3) is 0.263. The highest BCUT2D eigenvalue weighted by Gasteiger charge is 2.26. The minimum Gasteiger partial charge on any atom is -0.431 e. The Labute approximate surface area is 172 Å². The molecular formula is C19H19N3O5S2. The normalized spacial score (nSPS) is 15.4. The molecule has 29 heavy (non-hydrogen) atoms. The molecule has 3 aromatic rings. The van der Waals surface area contributed by atoms with E-state index < -0.39 is 10.0 Å². The van der Waals surface area contributed by atoms with Gasteiger partial charge in [0.25, 0.3) is 5.22 Å². The summed E-state index contributed by atoms with van der Waals surface area (Å²) in [5, 5.41) is 3.17. The molecule has 0 saturated carbocycles. The summed E-state index contributed by atoms with van der Waals surface area (Å²) in [6, 6.07) is 13.5. The van der Waals surface area contributed by atoms with E-state index in [0.29, 0.717) is 42.8 Å². The van der Waals surface area contributed by atoms with Crippen molar-refractivity contribution < 1.29 is 22.4 Å². The van der Waals surface area contributed by atoms with Crippen molar-refractivity contribution in [3.05, 3.63) is 48.5 Å². The number of ether oxygens (including phenoxy) is 1. The number of amides is 1. The van der Waals surface area contributed by atoms with Crippen molar-refractivity contribution in [3.8, 4) is 0 Å². The van der Waals surface area contributed by atoms with Crippen LogP contribution in [0, 0.1) is 0 Å². The van der Waals surface area contributed by atoms with Gasteiger partial charge in [0, 0.05) is 18.8 Å². The summed E-state index contributed by atoms with van der Waals surface area (Å²) in [6.45, 7) is 1.47. The van der Waals surface area contributed by atoms with E-state index in [-0.39, 0.29) is 16.6 Å². The van der Waals surface area contributed by atoms with E-state index in [1.807, 2.05) is 24.3 Å². The molecule has 0 radical (unpaired) electrons. The van der Waals surface area contributed by atoms with E-state index in [0.717, 1.165) is 5.52 Å². The third-order valence-corrected chi connectivity index (χ3v) is 7.09. The number of nitrogens with one attached hydrogen (secondary N) is 1. The van der Waals surface area contributed by atoms with Crippen molar-refractivity contribution in [2.45, 2.75) is 10.1 Å². The fourth-order valence-corrected chi connectivity index (χ4v) is 4.93. The van der Waals surface area contributed by atoms with Gasteiger partial charge in [0.2, 0.25) is 15.9 Å². The first-order valence-electron chi connectivity index (χ1n) is 8.98. The molecule has 4 rings (SSSR count). The Morgan fingerprint density at radius 2 is 1.83 bits per heavy atom. The number of thioether (sulfide) groups is 1. The van der Waals surface area contributed by atoms with Gasteiger partial charge in [-0.3, -0.25) is 4.79 Å². The summed E-state index contributed by atoms with van der Waals surface area (Å²) < 4.78 is 37.4. The first-order chi connectivity index (χ1) is 14.0. The maximum Gasteiger partial charge on any atom is 0.257 e. The number of morpholine rings is 1. The van der Waals surface area contributed by atoms with Gasteiger partial charge in [0.05, 0.1) is 23.9 Å². The van der Waals surface area contributed by atoms with E-state index in [9.17, 15) is 13.2 Å². The number of carbonyl (C=O) groups excluding carboxylic acids is 1. The molecule has 0 aliphatic carbocycles. The zero-order valence-electron chi connectivity index (χ0n) is 15.4. The van der Waals surface area contributed by atoms with Crippen LogP contribution < -0.4 is 5.32 Å². The minimum atomic E-state index is -3.55. The van der Waals surface area contributed by atoms with Crippen LogP contribution in [0.1, 0.15) is 0 Å². The molecular weight excluding hydrogens is 414 g/mol. The van der Waals surface area contributed by atoms with Gasteiger partial charge in [-0.25, -0.2) is 13.4 Å². The largest absolute Gasteiger partial charge is 0.431 e. The lowest BCUT2D eigenvalue weighted by Gasteiger charge is -2.26.